The highest BCUT2D eigenvalue weighted by Crippen LogP contribution is 2.29. The van der Waals surface area contributed by atoms with Crippen LogP contribution in [0.1, 0.15) is 59.3 Å². The van der Waals surface area contributed by atoms with Crippen molar-refractivity contribution in [3.63, 3.8) is 0 Å². The third-order valence-electron chi connectivity index (χ3n) is 2.64. The van der Waals surface area contributed by atoms with Crippen LogP contribution >= 0.6 is 0 Å². The van der Waals surface area contributed by atoms with Crippen LogP contribution in [-0.4, -0.2) is 18.8 Å². The predicted octanol–water partition coefficient (Wildman–Crippen LogP) is 3.10. The van der Waals surface area contributed by atoms with Gasteiger partial charge in [-0.1, -0.05) is 40.0 Å². The smallest absolute Gasteiger partial charge is 0.0683 e. The highest BCUT2D eigenvalue weighted by molar-refractivity contribution is 4.79. The van der Waals surface area contributed by atoms with Crippen molar-refractivity contribution in [2.24, 2.45) is 5.73 Å². The van der Waals surface area contributed by atoms with E-state index in [9.17, 15) is 0 Å². The van der Waals surface area contributed by atoms with Gasteiger partial charge in [0, 0.05) is 6.54 Å². The Bertz CT molecular complexity index is 108. The summed E-state index contributed by atoms with van der Waals surface area (Å²) in [5, 5.41) is 0. The maximum absolute atomic E-state index is 5.98. The first-order valence-corrected chi connectivity index (χ1v) is 6.08. The van der Waals surface area contributed by atoms with Gasteiger partial charge in [-0.2, -0.15) is 0 Å². The third kappa shape index (κ3) is 4.97. The molecule has 0 saturated heterocycles. The molecule has 0 radical (unpaired) electrons. The summed E-state index contributed by atoms with van der Waals surface area (Å²) in [6, 6.07) is 0. The minimum Gasteiger partial charge on any atom is -0.374 e. The van der Waals surface area contributed by atoms with Gasteiger partial charge in [-0.3, -0.25) is 0 Å². The van der Waals surface area contributed by atoms with Crippen molar-refractivity contribution >= 4 is 0 Å². The van der Waals surface area contributed by atoms with Crippen molar-refractivity contribution in [3.05, 3.63) is 0 Å². The van der Waals surface area contributed by atoms with Crippen LogP contribution < -0.4 is 5.73 Å². The molecule has 0 atom stereocenters. The molecule has 0 aliphatic rings. The molecule has 2 heteroatoms. The molecule has 0 aromatic carbocycles. The van der Waals surface area contributed by atoms with E-state index in [0.717, 1.165) is 0 Å². The molecular weight excluding hydrogens is 174 g/mol. The second-order valence-corrected chi connectivity index (χ2v) is 4.07. The lowest BCUT2D eigenvalue weighted by Gasteiger charge is -2.33. The fourth-order valence-corrected chi connectivity index (χ4v) is 2.23. The van der Waals surface area contributed by atoms with E-state index in [1.165, 1.54) is 38.5 Å². The Kier molecular flexibility index (Phi) is 8.20. The molecule has 86 valence electrons. The van der Waals surface area contributed by atoms with Crippen LogP contribution in [0.3, 0.4) is 0 Å². The standard InChI is InChI=1S/C12H27NO/c1-4-7-12(8-5-2,9-6-3)14-11-10-13/h4-11,13H2,1-3H3. The lowest BCUT2D eigenvalue weighted by molar-refractivity contribution is -0.0614. The largest absolute Gasteiger partial charge is 0.374 e. The Morgan fingerprint density at radius 1 is 0.929 bits per heavy atom. The van der Waals surface area contributed by atoms with Crippen molar-refractivity contribution < 1.29 is 4.74 Å². The number of nitrogens with two attached hydrogens (primary N) is 1. The molecule has 0 aliphatic heterocycles. The van der Waals surface area contributed by atoms with Crippen molar-refractivity contribution in [1.29, 1.82) is 0 Å². The molecule has 0 spiro atoms. The molecule has 0 heterocycles. The van der Waals surface area contributed by atoms with E-state index in [0.29, 0.717) is 13.2 Å². The summed E-state index contributed by atoms with van der Waals surface area (Å²) in [6.45, 7) is 8.03. The van der Waals surface area contributed by atoms with E-state index in [2.05, 4.69) is 20.8 Å². The van der Waals surface area contributed by atoms with E-state index in [-0.39, 0.29) is 5.60 Å². The van der Waals surface area contributed by atoms with Crippen molar-refractivity contribution in [2.75, 3.05) is 13.2 Å². The fraction of sp³-hybridized carbons (Fsp3) is 1.00. The van der Waals surface area contributed by atoms with Crippen LogP contribution in [0.5, 0.6) is 0 Å². The van der Waals surface area contributed by atoms with Gasteiger partial charge in [0.05, 0.1) is 12.2 Å². The Hall–Kier alpha value is -0.0800. The Morgan fingerprint density at radius 3 is 1.64 bits per heavy atom. The van der Waals surface area contributed by atoms with Crippen molar-refractivity contribution in [2.45, 2.75) is 64.9 Å². The van der Waals surface area contributed by atoms with Gasteiger partial charge < -0.3 is 10.5 Å². The third-order valence-corrected chi connectivity index (χ3v) is 2.64. The van der Waals surface area contributed by atoms with E-state index < -0.39 is 0 Å². The molecule has 14 heavy (non-hydrogen) atoms. The lowest BCUT2D eigenvalue weighted by Crippen LogP contribution is -2.34. The quantitative estimate of drug-likeness (QED) is 0.622. The number of hydrogen-bond acceptors (Lipinski definition) is 2. The van der Waals surface area contributed by atoms with Gasteiger partial charge >= 0.3 is 0 Å². The zero-order valence-corrected chi connectivity index (χ0v) is 10.1. The molecule has 0 aromatic rings. The van der Waals surface area contributed by atoms with Crippen LogP contribution in [-0.2, 0) is 4.74 Å². The van der Waals surface area contributed by atoms with Gasteiger partial charge in [-0.15, -0.1) is 0 Å². The summed E-state index contributed by atoms with van der Waals surface area (Å²) >= 11 is 0. The van der Waals surface area contributed by atoms with E-state index in [1.54, 1.807) is 0 Å². The van der Waals surface area contributed by atoms with Gasteiger partial charge in [0.1, 0.15) is 0 Å². The minimum absolute atomic E-state index is 0.123. The fourth-order valence-electron chi connectivity index (χ4n) is 2.23. The summed E-state index contributed by atoms with van der Waals surface area (Å²) in [5.41, 5.74) is 5.62. The van der Waals surface area contributed by atoms with Crippen LogP contribution in [0.15, 0.2) is 0 Å². The molecule has 2 N–H and O–H groups in total. The average Bonchev–Trinajstić information content (AvgIpc) is 2.16. The van der Waals surface area contributed by atoms with E-state index >= 15 is 0 Å². The molecule has 0 bridgehead atoms. The van der Waals surface area contributed by atoms with Crippen molar-refractivity contribution in [1.82, 2.24) is 0 Å². The topological polar surface area (TPSA) is 35.2 Å². The number of ether oxygens (including phenoxy) is 1. The molecule has 0 fully saturated rings. The maximum atomic E-state index is 5.98. The summed E-state index contributed by atoms with van der Waals surface area (Å²) in [7, 11) is 0. The normalized spacial score (nSPS) is 12.0. The Labute approximate surface area is 89.2 Å². The number of hydrogen-bond donors (Lipinski definition) is 1. The van der Waals surface area contributed by atoms with E-state index in [1.807, 2.05) is 0 Å². The Balaban J connectivity index is 4.21. The van der Waals surface area contributed by atoms with Crippen LogP contribution in [0.4, 0.5) is 0 Å². The summed E-state index contributed by atoms with van der Waals surface area (Å²) in [6.07, 6.45) is 7.12. The maximum Gasteiger partial charge on any atom is 0.0683 e. The van der Waals surface area contributed by atoms with Crippen LogP contribution in [0.2, 0.25) is 0 Å². The molecule has 0 amide bonds. The molecule has 0 aliphatic carbocycles. The molecular formula is C12H27NO. The van der Waals surface area contributed by atoms with Gasteiger partial charge in [0.15, 0.2) is 0 Å². The molecule has 0 unspecified atom stereocenters. The monoisotopic (exact) mass is 201 g/mol. The zero-order chi connectivity index (χ0) is 10.9. The SMILES string of the molecule is CCCC(CCC)(CCC)OCCN. The zero-order valence-electron chi connectivity index (χ0n) is 10.1. The molecule has 0 rings (SSSR count). The second kappa shape index (κ2) is 8.25. The summed E-state index contributed by atoms with van der Waals surface area (Å²) < 4.78 is 5.98. The van der Waals surface area contributed by atoms with Crippen LogP contribution in [0, 0.1) is 0 Å². The molecule has 2 nitrogen and oxygen atoms in total. The van der Waals surface area contributed by atoms with E-state index in [4.69, 9.17) is 10.5 Å². The first-order valence-electron chi connectivity index (χ1n) is 6.08. The van der Waals surface area contributed by atoms with Gasteiger partial charge in [0.25, 0.3) is 0 Å². The molecule has 0 saturated carbocycles. The first-order chi connectivity index (χ1) is 6.74. The summed E-state index contributed by atoms with van der Waals surface area (Å²) in [4.78, 5) is 0. The average molecular weight is 201 g/mol. The molecule has 0 aromatic heterocycles. The highest BCUT2D eigenvalue weighted by atomic mass is 16.5. The first kappa shape index (κ1) is 13.9. The predicted molar refractivity (Wildman–Crippen MR) is 62.5 cm³/mol. The lowest BCUT2D eigenvalue weighted by atomic mass is 9.88. The van der Waals surface area contributed by atoms with Crippen LogP contribution in [0.25, 0.3) is 0 Å². The van der Waals surface area contributed by atoms with Gasteiger partial charge in [-0.05, 0) is 19.3 Å². The van der Waals surface area contributed by atoms with Gasteiger partial charge in [0.2, 0.25) is 0 Å². The second-order valence-electron chi connectivity index (χ2n) is 4.07. The highest BCUT2D eigenvalue weighted by Gasteiger charge is 2.27. The number of rotatable bonds is 9. The Morgan fingerprint density at radius 2 is 1.36 bits per heavy atom. The minimum atomic E-state index is 0.123. The summed E-state index contributed by atoms with van der Waals surface area (Å²) in [5.74, 6) is 0. The van der Waals surface area contributed by atoms with Crippen molar-refractivity contribution in [3.8, 4) is 0 Å². The van der Waals surface area contributed by atoms with Gasteiger partial charge in [-0.25, -0.2) is 0 Å².